The van der Waals surface area contributed by atoms with Crippen LogP contribution in [0.5, 0.6) is 0 Å². The Labute approximate surface area is 132 Å². The number of benzene rings is 1. The van der Waals surface area contributed by atoms with Gasteiger partial charge in [0, 0.05) is 0 Å². The van der Waals surface area contributed by atoms with E-state index in [1.807, 2.05) is 6.92 Å². The molecule has 0 atom stereocenters. The van der Waals surface area contributed by atoms with E-state index in [2.05, 4.69) is 26.0 Å². The molecule has 2 aliphatic rings. The summed E-state index contributed by atoms with van der Waals surface area (Å²) in [5.74, 6) is 0.508. The molecule has 3 heteroatoms. The molecular weight excluding hydrogens is 276 g/mol. The van der Waals surface area contributed by atoms with Crippen molar-refractivity contribution >= 4 is 11.5 Å². The van der Waals surface area contributed by atoms with Crippen molar-refractivity contribution in [3.05, 3.63) is 40.1 Å². The maximum atomic E-state index is 12.6. The zero-order valence-corrected chi connectivity index (χ0v) is 13.9. The van der Waals surface area contributed by atoms with Gasteiger partial charge in [-0.15, -0.1) is 0 Å². The van der Waals surface area contributed by atoms with Crippen LogP contribution in [0.15, 0.2) is 17.9 Å². The number of hydrogen-bond acceptors (Lipinski definition) is 3. The lowest BCUT2D eigenvalue weighted by Crippen LogP contribution is -2.35. The molecule has 1 aliphatic carbocycles. The van der Waals surface area contributed by atoms with Gasteiger partial charge < -0.3 is 9.47 Å². The molecule has 0 radical (unpaired) electrons. The highest BCUT2D eigenvalue weighted by Gasteiger charge is 2.50. The minimum absolute atomic E-state index is 0.231. The summed E-state index contributed by atoms with van der Waals surface area (Å²) in [5, 5.41) is 0. The Morgan fingerprint density at radius 2 is 1.64 bits per heavy atom. The lowest BCUT2D eigenvalue weighted by Gasteiger charge is -2.33. The first kappa shape index (κ1) is 15.1. The molecular formula is C19H24O3. The number of hydrogen-bond donors (Lipinski definition) is 0. The van der Waals surface area contributed by atoms with Gasteiger partial charge in [-0.1, -0.05) is 18.6 Å². The predicted octanol–water partition coefficient (Wildman–Crippen LogP) is 4.23. The summed E-state index contributed by atoms with van der Waals surface area (Å²) in [4.78, 5) is 12.6. The normalized spacial score (nSPS) is 20.5. The first-order valence-electron chi connectivity index (χ1n) is 8.09. The Bertz CT molecular complexity index is 649. The van der Waals surface area contributed by atoms with E-state index in [9.17, 15) is 4.79 Å². The van der Waals surface area contributed by atoms with Crippen molar-refractivity contribution in [1.82, 2.24) is 0 Å². The van der Waals surface area contributed by atoms with Crippen LogP contribution in [0.25, 0.3) is 5.57 Å². The summed E-state index contributed by atoms with van der Waals surface area (Å²) in [6.45, 7) is 6.20. The van der Waals surface area contributed by atoms with Crippen molar-refractivity contribution in [2.75, 3.05) is 7.11 Å². The van der Waals surface area contributed by atoms with E-state index in [1.54, 1.807) is 7.11 Å². The molecule has 1 saturated carbocycles. The van der Waals surface area contributed by atoms with E-state index in [0.717, 1.165) is 42.6 Å². The van der Waals surface area contributed by atoms with Crippen molar-refractivity contribution in [3.8, 4) is 0 Å². The molecule has 1 aliphatic heterocycles. The minimum atomic E-state index is -0.523. The van der Waals surface area contributed by atoms with Crippen molar-refractivity contribution in [3.63, 3.8) is 0 Å². The van der Waals surface area contributed by atoms with E-state index in [1.165, 1.54) is 17.5 Å². The van der Waals surface area contributed by atoms with Crippen LogP contribution in [-0.4, -0.2) is 18.7 Å². The summed E-state index contributed by atoms with van der Waals surface area (Å²) < 4.78 is 11.5. The zero-order valence-electron chi connectivity index (χ0n) is 13.9. The molecule has 1 fully saturated rings. The van der Waals surface area contributed by atoms with Crippen LogP contribution in [0.4, 0.5) is 0 Å². The molecule has 0 bridgehead atoms. The second-order valence-corrected chi connectivity index (χ2v) is 6.60. The van der Waals surface area contributed by atoms with Crippen LogP contribution in [0, 0.1) is 20.8 Å². The third-order valence-electron chi connectivity index (χ3n) is 5.11. The molecule has 22 heavy (non-hydrogen) atoms. The van der Waals surface area contributed by atoms with E-state index < -0.39 is 5.60 Å². The molecule has 3 rings (SSSR count). The van der Waals surface area contributed by atoms with Gasteiger partial charge >= 0.3 is 5.97 Å². The van der Waals surface area contributed by atoms with Crippen molar-refractivity contribution in [2.45, 2.75) is 58.5 Å². The molecule has 118 valence electrons. The summed E-state index contributed by atoms with van der Waals surface area (Å²) in [6.07, 6.45) is 5.11. The monoisotopic (exact) mass is 300 g/mol. The van der Waals surface area contributed by atoms with Gasteiger partial charge in [0.25, 0.3) is 0 Å². The molecule has 0 unspecified atom stereocenters. The molecule has 0 amide bonds. The lowest BCUT2D eigenvalue weighted by molar-refractivity contribution is -0.149. The molecule has 0 saturated heterocycles. The Hall–Kier alpha value is -1.77. The molecule has 1 heterocycles. The molecule has 1 aromatic carbocycles. The van der Waals surface area contributed by atoms with E-state index in [4.69, 9.17) is 9.47 Å². The van der Waals surface area contributed by atoms with Crippen LogP contribution in [-0.2, 0) is 14.3 Å². The van der Waals surface area contributed by atoms with Gasteiger partial charge in [-0.2, -0.15) is 0 Å². The molecule has 1 aromatic rings. The van der Waals surface area contributed by atoms with Crippen LogP contribution < -0.4 is 0 Å². The van der Waals surface area contributed by atoms with E-state index >= 15 is 0 Å². The highest BCUT2D eigenvalue weighted by Crippen LogP contribution is 2.47. The predicted molar refractivity (Wildman–Crippen MR) is 86.5 cm³/mol. The van der Waals surface area contributed by atoms with Gasteiger partial charge in [-0.3, -0.25) is 0 Å². The number of esters is 1. The highest BCUT2D eigenvalue weighted by molar-refractivity contribution is 6.20. The SMILES string of the molecule is COC1=C(c2cc(C)c(C)cc2C)C(=O)OC12CCCCC2. The Morgan fingerprint density at radius 3 is 2.27 bits per heavy atom. The number of carbonyl (C=O) groups excluding carboxylic acids is 1. The van der Waals surface area contributed by atoms with Crippen LogP contribution in [0.3, 0.4) is 0 Å². The zero-order chi connectivity index (χ0) is 15.9. The highest BCUT2D eigenvalue weighted by atomic mass is 16.6. The minimum Gasteiger partial charge on any atom is -0.496 e. The van der Waals surface area contributed by atoms with E-state index in [0.29, 0.717) is 5.57 Å². The summed E-state index contributed by atoms with van der Waals surface area (Å²) in [7, 11) is 1.66. The number of methoxy groups -OCH3 is 1. The van der Waals surface area contributed by atoms with Gasteiger partial charge in [0.1, 0.15) is 5.57 Å². The smallest absolute Gasteiger partial charge is 0.343 e. The van der Waals surface area contributed by atoms with Crippen molar-refractivity contribution < 1.29 is 14.3 Å². The maximum Gasteiger partial charge on any atom is 0.343 e. The fraction of sp³-hybridized carbons (Fsp3) is 0.526. The summed E-state index contributed by atoms with van der Waals surface area (Å²) in [6, 6.07) is 4.21. The van der Waals surface area contributed by atoms with Crippen LogP contribution in [0.1, 0.15) is 54.4 Å². The third-order valence-corrected chi connectivity index (χ3v) is 5.11. The topological polar surface area (TPSA) is 35.5 Å². The first-order chi connectivity index (χ1) is 10.5. The number of carbonyl (C=O) groups is 1. The standard InChI is InChI=1S/C19H24O3/c1-12-10-14(3)15(11-13(12)2)16-17(21-4)19(22-18(16)20)8-6-5-7-9-19/h10-11H,5-9H2,1-4H3. The van der Waals surface area contributed by atoms with Crippen molar-refractivity contribution in [1.29, 1.82) is 0 Å². The summed E-state index contributed by atoms with van der Waals surface area (Å²) in [5.41, 5.74) is 4.57. The van der Waals surface area contributed by atoms with Gasteiger partial charge in [-0.25, -0.2) is 4.79 Å². The average Bonchev–Trinajstić information content (AvgIpc) is 2.75. The molecule has 1 spiro atoms. The van der Waals surface area contributed by atoms with Gasteiger partial charge in [-0.05, 0) is 68.7 Å². The Morgan fingerprint density at radius 1 is 1.00 bits per heavy atom. The van der Waals surface area contributed by atoms with E-state index in [-0.39, 0.29) is 5.97 Å². The fourth-order valence-electron chi connectivity index (χ4n) is 3.80. The second kappa shape index (κ2) is 5.45. The lowest BCUT2D eigenvalue weighted by atomic mass is 9.82. The van der Waals surface area contributed by atoms with Crippen molar-refractivity contribution in [2.24, 2.45) is 0 Å². The third kappa shape index (κ3) is 2.23. The quantitative estimate of drug-likeness (QED) is 0.767. The molecule has 0 aromatic heterocycles. The van der Waals surface area contributed by atoms with Gasteiger partial charge in [0.2, 0.25) is 0 Å². The summed E-state index contributed by atoms with van der Waals surface area (Å²) >= 11 is 0. The first-order valence-corrected chi connectivity index (χ1v) is 8.09. The molecule has 0 N–H and O–H groups in total. The Balaban J connectivity index is 2.16. The number of rotatable bonds is 2. The average molecular weight is 300 g/mol. The fourth-order valence-corrected chi connectivity index (χ4v) is 3.80. The number of aryl methyl sites for hydroxylation is 3. The number of ether oxygens (including phenoxy) is 2. The largest absolute Gasteiger partial charge is 0.496 e. The molecule has 3 nitrogen and oxygen atoms in total. The van der Waals surface area contributed by atoms with Gasteiger partial charge in [0.15, 0.2) is 11.4 Å². The van der Waals surface area contributed by atoms with Gasteiger partial charge in [0.05, 0.1) is 7.11 Å². The van der Waals surface area contributed by atoms with Crippen LogP contribution in [0.2, 0.25) is 0 Å². The maximum absolute atomic E-state index is 12.6. The van der Waals surface area contributed by atoms with Crippen LogP contribution >= 0.6 is 0 Å². The second-order valence-electron chi connectivity index (χ2n) is 6.60. The Kier molecular flexibility index (Phi) is 3.75.